The molecule has 0 atom stereocenters. The molecule has 0 aliphatic heterocycles. The average molecular weight is 531 g/mol. The Morgan fingerprint density at radius 1 is 1.00 bits per heavy atom. The van der Waals surface area contributed by atoms with Crippen LogP contribution in [0.25, 0.3) is 10.9 Å². The Morgan fingerprint density at radius 2 is 1.66 bits per heavy atom. The number of nitrogens with one attached hydrogen (secondary N) is 2. The van der Waals surface area contributed by atoms with Crippen LogP contribution in [-0.4, -0.2) is 23.9 Å². The second kappa shape index (κ2) is 12.5. The SMILES string of the molecule is Cc1c(N[C@H]2CC[C@@H](CNCc3ccccc3OC(F)(F)F)CC2)nc2ccccc2c1N.Cl.Cl. The maximum atomic E-state index is 12.6. The molecule has 1 aliphatic rings. The Morgan fingerprint density at radius 3 is 2.37 bits per heavy atom. The highest BCUT2D eigenvalue weighted by Gasteiger charge is 2.32. The van der Waals surface area contributed by atoms with Crippen molar-refractivity contribution in [2.45, 2.75) is 51.6 Å². The van der Waals surface area contributed by atoms with Gasteiger partial charge in [-0.2, -0.15) is 0 Å². The fraction of sp³-hybridized carbons (Fsp3) is 0.400. The van der Waals surface area contributed by atoms with Gasteiger partial charge in [0.05, 0.1) is 5.52 Å². The molecule has 0 amide bonds. The molecule has 35 heavy (non-hydrogen) atoms. The topological polar surface area (TPSA) is 72.2 Å². The van der Waals surface area contributed by atoms with Gasteiger partial charge in [-0.1, -0.05) is 36.4 Å². The van der Waals surface area contributed by atoms with Gasteiger partial charge in [0.15, 0.2) is 0 Å². The lowest BCUT2D eigenvalue weighted by Crippen LogP contribution is -2.31. The van der Waals surface area contributed by atoms with Crippen LogP contribution in [0.3, 0.4) is 0 Å². The molecule has 1 aromatic heterocycles. The molecular formula is C25H31Cl2F3N4O. The quantitative estimate of drug-likeness (QED) is 0.319. The fourth-order valence-corrected chi connectivity index (χ4v) is 4.46. The van der Waals surface area contributed by atoms with Crippen molar-refractivity contribution in [2.75, 3.05) is 17.6 Å². The summed E-state index contributed by atoms with van der Waals surface area (Å²) in [4.78, 5) is 4.77. The largest absolute Gasteiger partial charge is 0.573 e. The second-order valence-electron chi connectivity index (χ2n) is 8.66. The highest BCUT2D eigenvalue weighted by Crippen LogP contribution is 2.31. The first-order valence-electron chi connectivity index (χ1n) is 11.3. The Balaban J connectivity index is 0.00000216. The summed E-state index contributed by atoms with van der Waals surface area (Å²) >= 11 is 0. The third kappa shape index (κ3) is 7.53. The number of pyridine rings is 1. The van der Waals surface area contributed by atoms with Gasteiger partial charge in [0, 0.05) is 34.8 Å². The molecule has 0 radical (unpaired) electrons. The zero-order valence-corrected chi connectivity index (χ0v) is 21.0. The van der Waals surface area contributed by atoms with Crippen molar-refractivity contribution < 1.29 is 17.9 Å². The summed E-state index contributed by atoms with van der Waals surface area (Å²) in [6.45, 7) is 3.09. The average Bonchev–Trinajstić information content (AvgIpc) is 2.78. The van der Waals surface area contributed by atoms with Crippen LogP contribution in [0.5, 0.6) is 5.75 Å². The third-order valence-electron chi connectivity index (χ3n) is 6.32. The van der Waals surface area contributed by atoms with Gasteiger partial charge in [-0.3, -0.25) is 0 Å². The van der Waals surface area contributed by atoms with E-state index in [4.69, 9.17) is 10.7 Å². The molecule has 1 saturated carbocycles. The van der Waals surface area contributed by atoms with E-state index in [-0.39, 0.29) is 30.6 Å². The Labute approximate surface area is 215 Å². The highest BCUT2D eigenvalue weighted by atomic mass is 35.5. The van der Waals surface area contributed by atoms with Crippen molar-refractivity contribution in [1.82, 2.24) is 10.3 Å². The standard InChI is InChI=1S/C25H29F3N4O.2ClH/c1-16-23(29)20-7-3-4-8-21(20)32-24(16)31-19-12-10-17(11-13-19)14-30-15-18-6-2-5-9-22(18)33-25(26,27)28;;/h2-9,17,19,30H,10-15H2,1H3,(H3,29,31,32);2*1H/t17-,19+;;. The van der Waals surface area contributed by atoms with E-state index >= 15 is 0 Å². The van der Waals surface area contributed by atoms with Crippen LogP contribution in [0.1, 0.15) is 36.8 Å². The number of nitrogens with two attached hydrogens (primary N) is 1. The molecule has 192 valence electrons. The maximum Gasteiger partial charge on any atom is 0.573 e. The van der Waals surface area contributed by atoms with Gasteiger partial charge >= 0.3 is 6.36 Å². The lowest BCUT2D eigenvalue weighted by atomic mass is 9.86. The molecule has 4 rings (SSSR count). The first-order chi connectivity index (χ1) is 15.8. The molecular weight excluding hydrogens is 500 g/mol. The number of rotatable bonds is 7. The molecule has 1 heterocycles. The molecule has 4 N–H and O–H groups in total. The number of nitrogens with zero attached hydrogens (tertiary/aromatic N) is 1. The molecule has 0 spiro atoms. The molecule has 0 bridgehead atoms. The minimum Gasteiger partial charge on any atom is -0.405 e. The van der Waals surface area contributed by atoms with Gasteiger partial charge in [0.2, 0.25) is 0 Å². The molecule has 3 aromatic rings. The van der Waals surface area contributed by atoms with Gasteiger partial charge in [0.25, 0.3) is 0 Å². The molecule has 2 aromatic carbocycles. The number of nitrogen functional groups attached to an aromatic ring is 1. The van der Waals surface area contributed by atoms with Gasteiger partial charge in [-0.15, -0.1) is 38.0 Å². The van der Waals surface area contributed by atoms with Gasteiger partial charge < -0.3 is 21.1 Å². The minimum absolute atomic E-state index is 0. The number of para-hydroxylation sites is 2. The van der Waals surface area contributed by atoms with Crippen molar-refractivity contribution in [2.24, 2.45) is 5.92 Å². The number of benzene rings is 2. The predicted molar refractivity (Wildman–Crippen MR) is 140 cm³/mol. The summed E-state index contributed by atoms with van der Waals surface area (Å²) in [5.41, 5.74) is 9.45. The van der Waals surface area contributed by atoms with Gasteiger partial charge in [-0.25, -0.2) is 4.98 Å². The van der Waals surface area contributed by atoms with Crippen LogP contribution >= 0.6 is 24.8 Å². The molecule has 1 fully saturated rings. The van der Waals surface area contributed by atoms with E-state index in [1.54, 1.807) is 18.2 Å². The highest BCUT2D eigenvalue weighted by molar-refractivity contribution is 5.94. The predicted octanol–water partition coefficient (Wildman–Crippen LogP) is 6.63. The first-order valence-corrected chi connectivity index (χ1v) is 11.3. The summed E-state index contributed by atoms with van der Waals surface area (Å²) in [6.07, 6.45) is -0.604. The molecule has 10 heteroatoms. The summed E-state index contributed by atoms with van der Waals surface area (Å²) in [5, 5.41) is 7.85. The van der Waals surface area contributed by atoms with E-state index in [1.807, 2.05) is 31.2 Å². The normalized spacial score (nSPS) is 17.8. The number of aromatic nitrogens is 1. The monoisotopic (exact) mass is 530 g/mol. The van der Waals surface area contributed by atoms with E-state index in [0.717, 1.165) is 60.2 Å². The van der Waals surface area contributed by atoms with Crippen molar-refractivity contribution in [3.8, 4) is 5.75 Å². The first kappa shape index (κ1) is 28.8. The minimum atomic E-state index is -4.69. The Kier molecular flexibility index (Phi) is 10.3. The Bertz CT molecular complexity index is 1110. The number of hydrogen-bond donors (Lipinski definition) is 3. The van der Waals surface area contributed by atoms with E-state index in [2.05, 4.69) is 15.4 Å². The third-order valence-corrected chi connectivity index (χ3v) is 6.32. The van der Waals surface area contributed by atoms with E-state index in [9.17, 15) is 13.2 Å². The van der Waals surface area contributed by atoms with E-state index in [0.29, 0.717) is 24.1 Å². The van der Waals surface area contributed by atoms with Crippen molar-refractivity contribution in [3.63, 3.8) is 0 Å². The van der Waals surface area contributed by atoms with Crippen LogP contribution < -0.4 is 21.1 Å². The smallest absolute Gasteiger partial charge is 0.405 e. The van der Waals surface area contributed by atoms with Crippen LogP contribution in [0.4, 0.5) is 24.7 Å². The lowest BCUT2D eigenvalue weighted by Gasteiger charge is -2.30. The zero-order chi connectivity index (χ0) is 23.4. The molecule has 5 nitrogen and oxygen atoms in total. The van der Waals surface area contributed by atoms with E-state index in [1.165, 1.54) is 6.07 Å². The van der Waals surface area contributed by atoms with Gasteiger partial charge in [0.1, 0.15) is 11.6 Å². The van der Waals surface area contributed by atoms with E-state index < -0.39 is 6.36 Å². The van der Waals surface area contributed by atoms with Gasteiger partial charge in [-0.05, 0) is 57.2 Å². The number of anilines is 2. The summed E-state index contributed by atoms with van der Waals surface area (Å²) in [6, 6.07) is 14.5. The number of alkyl halides is 3. The zero-order valence-electron chi connectivity index (χ0n) is 19.4. The van der Waals surface area contributed by atoms with Crippen molar-refractivity contribution >= 4 is 47.2 Å². The summed E-state index contributed by atoms with van der Waals surface area (Å²) in [7, 11) is 0. The molecule has 1 aliphatic carbocycles. The Hall–Kier alpha value is -2.42. The fourth-order valence-electron chi connectivity index (χ4n) is 4.46. The molecule has 0 unspecified atom stereocenters. The second-order valence-corrected chi connectivity index (χ2v) is 8.66. The maximum absolute atomic E-state index is 12.6. The summed E-state index contributed by atoms with van der Waals surface area (Å²) < 4.78 is 41.9. The number of ether oxygens (including phenoxy) is 1. The van der Waals surface area contributed by atoms with Crippen molar-refractivity contribution in [3.05, 3.63) is 59.7 Å². The van der Waals surface area contributed by atoms with Crippen molar-refractivity contribution in [1.29, 1.82) is 0 Å². The number of fused-ring (bicyclic) bond motifs is 1. The number of halogens is 5. The van der Waals surface area contributed by atoms with Crippen LogP contribution in [0, 0.1) is 12.8 Å². The lowest BCUT2D eigenvalue weighted by molar-refractivity contribution is -0.274. The number of hydrogen-bond acceptors (Lipinski definition) is 5. The van der Waals surface area contributed by atoms with Crippen LogP contribution in [-0.2, 0) is 6.54 Å². The molecule has 0 saturated heterocycles. The van der Waals surface area contributed by atoms with Crippen LogP contribution in [0.2, 0.25) is 0 Å². The van der Waals surface area contributed by atoms with Crippen LogP contribution in [0.15, 0.2) is 48.5 Å². The summed E-state index contributed by atoms with van der Waals surface area (Å²) in [5.74, 6) is 1.17.